The molecule has 3 rings (SSSR count). The van der Waals surface area contributed by atoms with Gasteiger partial charge >= 0.3 is 0 Å². The van der Waals surface area contributed by atoms with E-state index < -0.39 is 0 Å². The minimum atomic E-state index is 0.166. The van der Waals surface area contributed by atoms with Crippen LogP contribution in [0.1, 0.15) is 32.1 Å². The highest BCUT2D eigenvalue weighted by Gasteiger charge is 2.29. The summed E-state index contributed by atoms with van der Waals surface area (Å²) in [7, 11) is 2.21. The van der Waals surface area contributed by atoms with Crippen LogP contribution in [0.15, 0.2) is 24.3 Å². The molecule has 1 saturated carbocycles. The lowest BCUT2D eigenvalue weighted by Gasteiger charge is -2.32. The maximum absolute atomic E-state index is 11.7. The van der Waals surface area contributed by atoms with E-state index in [0.29, 0.717) is 6.04 Å². The van der Waals surface area contributed by atoms with Crippen LogP contribution in [0.4, 0.5) is 11.4 Å². The Labute approximate surface area is 126 Å². The molecule has 0 spiro atoms. The quantitative estimate of drug-likeness (QED) is 0.875. The zero-order valence-corrected chi connectivity index (χ0v) is 12.8. The van der Waals surface area contributed by atoms with Crippen molar-refractivity contribution in [2.75, 3.05) is 30.8 Å². The number of carbonyl (C=O) groups excluding carboxylic acids is 1. The van der Waals surface area contributed by atoms with Gasteiger partial charge in [0, 0.05) is 29.9 Å². The van der Waals surface area contributed by atoms with E-state index in [1.807, 2.05) is 24.3 Å². The van der Waals surface area contributed by atoms with Crippen molar-refractivity contribution in [1.29, 1.82) is 0 Å². The molecule has 1 saturated heterocycles. The van der Waals surface area contributed by atoms with E-state index in [2.05, 4.69) is 22.6 Å². The molecule has 1 aromatic carbocycles. The fourth-order valence-corrected chi connectivity index (χ4v) is 2.90. The normalized spacial score (nSPS) is 22.8. The highest BCUT2D eigenvalue weighted by atomic mass is 16.2. The van der Waals surface area contributed by atoms with Gasteiger partial charge in [-0.05, 0) is 63.5 Å². The monoisotopic (exact) mass is 287 g/mol. The van der Waals surface area contributed by atoms with Gasteiger partial charge < -0.3 is 15.5 Å². The average molecular weight is 287 g/mol. The van der Waals surface area contributed by atoms with Crippen LogP contribution in [-0.2, 0) is 4.79 Å². The third-order valence-electron chi connectivity index (χ3n) is 4.56. The number of benzene rings is 1. The van der Waals surface area contributed by atoms with Gasteiger partial charge in [0.05, 0.1) is 0 Å². The van der Waals surface area contributed by atoms with Gasteiger partial charge in [0.2, 0.25) is 5.91 Å². The molecule has 21 heavy (non-hydrogen) atoms. The van der Waals surface area contributed by atoms with Crippen LogP contribution in [0.25, 0.3) is 0 Å². The smallest absolute Gasteiger partial charge is 0.227 e. The van der Waals surface area contributed by atoms with Gasteiger partial charge in [-0.2, -0.15) is 0 Å². The number of nitrogens with one attached hydrogen (secondary N) is 2. The molecular weight excluding hydrogens is 262 g/mol. The van der Waals surface area contributed by atoms with Crippen LogP contribution in [0.3, 0.4) is 0 Å². The van der Waals surface area contributed by atoms with E-state index in [9.17, 15) is 4.79 Å². The summed E-state index contributed by atoms with van der Waals surface area (Å²) in [6.45, 7) is 2.20. The van der Waals surface area contributed by atoms with Crippen LogP contribution in [-0.4, -0.2) is 37.0 Å². The van der Waals surface area contributed by atoms with Crippen LogP contribution >= 0.6 is 0 Å². The van der Waals surface area contributed by atoms with Crippen molar-refractivity contribution >= 4 is 17.3 Å². The number of carbonyl (C=O) groups is 1. The van der Waals surface area contributed by atoms with E-state index in [1.54, 1.807) is 0 Å². The standard InChI is InChI=1S/C17H25N3O/c1-20-11-3-2-4-16(20)12-18-14-7-9-15(10-8-14)19-17(21)13-5-6-13/h7-10,13,16,18H,2-6,11-12H2,1H3,(H,19,21). The van der Waals surface area contributed by atoms with Crippen molar-refractivity contribution in [2.45, 2.75) is 38.1 Å². The summed E-state index contributed by atoms with van der Waals surface area (Å²) in [4.78, 5) is 14.1. The van der Waals surface area contributed by atoms with Crippen molar-refractivity contribution in [3.8, 4) is 0 Å². The summed E-state index contributed by atoms with van der Waals surface area (Å²) < 4.78 is 0. The number of hydrogen-bond donors (Lipinski definition) is 2. The number of hydrogen-bond acceptors (Lipinski definition) is 3. The first-order chi connectivity index (χ1) is 10.2. The maximum atomic E-state index is 11.7. The highest BCUT2D eigenvalue weighted by Crippen LogP contribution is 2.30. The van der Waals surface area contributed by atoms with Gasteiger partial charge in [0.15, 0.2) is 0 Å². The zero-order chi connectivity index (χ0) is 14.7. The lowest BCUT2D eigenvalue weighted by Crippen LogP contribution is -2.40. The third-order valence-corrected chi connectivity index (χ3v) is 4.56. The molecule has 2 aliphatic rings. The molecule has 2 fully saturated rings. The Balaban J connectivity index is 1.48. The Kier molecular flexibility index (Phi) is 4.44. The molecule has 0 aromatic heterocycles. The summed E-state index contributed by atoms with van der Waals surface area (Å²) in [5.74, 6) is 0.421. The zero-order valence-electron chi connectivity index (χ0n) is 12.8. The third kappa shape index (κ3) is 3.97. The Bertz CT molecular complexity index is 481. The van der Waals surface area contributed by atoms with Crippen molar-refractivity contribution in [3.63, 3.8) is 0 Å². The van der Waals surface area contributed by atoms with Gasteiger partial charge in [-0.1, -0.05) is 6.42 Å². The number of amides is 1. The van der Waals surface area contributed by atoms with Gasteiger partial charge in [-0.3, -0.25) is 4.79 Å². The lowest BCUT2D eigenvalue weighted by molar-refractivity contribution is -0.117. The molecule has 4 nitrogen and oxygen atoms in total. The molecule has 0 bridgehead atoms. The van der Waals surface area contributed by atoms with Crippen LogP contribution in [0.5, 0.6) is 0 Å². The van der Waals surface area contributed by atoms with E-state index in [4.69, 9.17) is 0 Å². The summed E-state index contributed by atoms with van der Waals surface area (Å²) in [6.07, 6.45) is 6.02. The molecule has 1 atom stereocenters. The second kappa shape index (κ2) is 6.48. The predicted octanol–water partition coefficient (Wildman–Crippen LogP) is 2.93. The molecule has 4 heteroatoms. The first kappa shape index (κ1) is 14.4. The number of rotatable bonds is 5. The molecule has 1 unspecified atom stereocenters. The largest absolute Gasteiger partial charge is 0.383 e. The second-order valence-corrected chi connectivity index (χ2v) is 6.35. The number of anilines is 2. The molecule has 1 amide bonds. The number of nitrogens with zero attached hydrogens (tertiary/aromatic N) is 1. The van der Waals surface area contributed by atoms with E-state index in [-0.39, 0.29) is 11.8 Å². The van der Waals surface area contributed by atoms with Gasteiger partial charge in [0.25, 0.3) is 0 Å². The molecule has 1 heterocycles. The number of piperidine rings is 1. The van der Waals surface area contributed by atoms with E-state index in [0.717, 1.165) is 30.8 Å². The molecule has 114 valence electrons. The Morgan fingerprint density at radius 1 is 1.14 bits per heavy atom. The Hall–Kier alpha value is -1.55. The SMILES string of the molecule is CN1CCCCC1CNc1ccc(NC(=O)C2CC2)cc1. The molecule has 1 aliphatic carbocycles. The Morgan fingerprint density at radius 2 is 1.86 bits per heavy atom. The van der Waals surface area contributed by atoms with Crippen LogP contribution in [0.2, 0.25) is 0 Å². The van der Waals surface area contributed by atoms with Crippen LogP contribution in [0, 0.1) is 5.92 Å². The van der Waals surface area contributed by atoms with Crippen molar-refractivity contribution in [1.82, 2.24) is 4.90 Å². The summed E-state index contributed by atoms with van der Waals surface area (Å²) >= 11 is 0. The highest BCUT2D eigenvalue weighted by molar-refractivity contribution is 5.94. The summed E-state index contributed by atoms with van der Waals surface area (Å²) in [6, 6.07) is 8.69. The topological polar surface area (TPSA) is 44.4 Å². The minimum absolute atomic E-state index is 0.166. The second-order valence-electron chi connectivity index (χ2n) is 6.35. The number of likely N-dealkylation sites (tertiary alicyclic amines) is 1. The molecular formula is C17H25N3O. The lowest BCUT2D eigenvalue weighted by atomic mass is 10.0. The average Bonchev–Trinajstić information content (AvgIpc) is 3.33. The van der Waals surface area contributed by atoms with Gasteiger partial charge in [0.1, 0.15) is 0 Å². The van der Waals surface area contributed by atoms with E-state index in [1.165, 1.54) is 25.8 Å². The molecule has 0 radical (unpaired) electrons. The predicted molar refractivity (Wildman–Crippen MR) is 86.6 cm³/mol. The van der Waals surface area contributed by atoms with Gasteiger partial charge in [-0.25, -0.2) is 0 Å². The fourth-order valence-electron chi connectivity index (χ4n) is 2.90. The maximum Gasteiger partial charge on any atom is 0.227 e. The minimum Gasteiger partial charge on any atom is -0.383 e. The van der Waals surface area contributed by atoms with Crippen molar-refractivity contribution < 1.29 is 4.79 Å². The number of likely N-dealkylation sites (N-methyl/N-ethyl adjacent to an activating group) is 1. The molecule has 1 aliphatic heterocycles. The van der Waals surface area contributed by atoms with E-state index >= 15 is 0 Å². The first-order valence-electron chi connectivity index (χ1n) is 8.07. The first-order valence-corrected chi connectivity index (χ1v) is 8.07. The molecule has 2 N–H and O–H groups in total. The van der Waals surface area contributed by atoms with Gasteiger partial charge in [-0.15, -0.1) is 0 Å². The van der Waals surface area contributed by atoms with Crippen molar-refractivity contribution in [2.24, 2.45) is 5.92 Å². The van der Waals surface area contributed by atoms with Crippen LogP contribution < -0.4 is 10.6 Å². The summed E-state index contributed by atoms with van der Waals surface area (Å²) in [5, 5.41) is 6.47. The summed E-state index contributed by atoms with van der Waals surface area (Å²) in [5.41, 5.74) is 2.02. The Morgan fingerprint density at radius 3 is 2.52 bits per heavy atom. The van der Waals surface area contributed by atoms with Crippen molar-refractivity contribution in [3.05, 3.63) is 24.3 Å². The molecule has 1 aromatic rings. The fraction of sp³-hybridized carbons (Fsp3) is 0.588.